The summed E-state index contributed by atoms with van der Waals surface area (Å²) in [5.74, 6) is 0. The average Bonchev–Trinajstić information content (AvgIpc) is 3.18. The van der Waals surface area contributed by atoms with E-state index in [0.29, 0.717) is 0 Å². The van der Waals surface area contributed by atoms with E-state index >= 15 is 0 Å². The molecule has 5 aromatic carbocycles. The number of anilines is 6. The van der Waals surface area contributed by atoms with E-state index in [0.717, 1.165) is 0 Å². The summed E-state index contributed by atoms with van der Waals surface area (Å²) < 4.78 is 0. The van der Waals surface area contributed by atoms with Crippen molar-refractivity contribution in [3.63, 3.8) is 0 Å². The number of aryl methyl sites for hydroxylation is 2. The quantitative estimate of drug-likeness (QED) is 0.168. The summed E-state index contributed by atoms with van der Waals surface area (Å²) in [4.78, 5) is 5.14. The number of fused-ring (bicyclic) bond motifs is 3. The van der Waals surface area contributed by atoms with Crippen LogP contribution in [0.15, 0.2) is 91.0 Å². The molecular weight excluding hydrogens is 749 g/mol. The third-order valence-electron chi connectivity index (χ3n) is 16.2. The van der Waals surface area contributed by atoms with E-state index in [-0.39, 0.29) is 37.9 Å². The van der Waals surface area contributed by atoms with Gasteiger partial charge < -0.3 is 9.80 Å². The van der Waals surface area contributed by atoms with Crippen molar-refractivity contribution in [1.82, 2.24) is 0 Å². The summed E-state index contributed by atoms with van der Waals surface area (Å²) in [6.45, 7) is 40.9. The van der Waals surface area contributed by atoms with Gasteiger partial charge in [0.15, 0.2) is 0 Å². The van der Waals surface area contributed by atoms with Crippen molar-refractivity contribution in [3.05, 3.63) is 141 Å². The van der Waals surface area contributed by atoms with Gasteiger partial charge in [0.2, 0.25) is 0 Å². The van der Waals surface area contributed by atoms with Gasteiger partial charge in [-0.2, -0.15) is 0 Å². The maximum atomic E-state index is 2.58. The molecule has 0 fully saturated rings. The highest BCUT2D eigenvalue weighted by molar-refractivity contribution is 5.85. The molecule has 0 spiro atoms. The van der Waals surface area contributed by atoms with E-state index in [1.807, 2.05) is 0 Å². The van der Waals surface area contributed by atoms with E-state index in [1.54, 1.807) is 0 Å². The van der Waals surface area contributed by atoms with Crippen molar-refractivity contribution in [2.45, 2.75) is 194 Å². The van der Waals surface area contributed by atoms with Crippen LogP contribution in [-0.4, -0.2) is 0 Å². The topological polar surface area (TPSA) is 6.48 Å². The molecule has 0 aliphatic heterocycles. The van der Waals surface area contributed by atoms with Crippen LogP contribution in [0.3, 0.4) is 0 Å². The number of benzene rings is 5. The Bertz CT molecular complexity index is 2450. The fourth-order valence-corrected chi connectivity index (χ4v) is 11.4. The Morgan fingerprint density at radius 1 is 0.355 bits per heavy atom. The standard InChI is InChI=1S/C60H78N2/c1-39-32-45(35-46(33-39)62(42-20-18-41(19-21-42)54(3,4)5)53-38-52-49(34-40(53)2)57(10,11)30-31-60(52,16)17)61(43-22-24-47-50(36-43)58(12,13)28-26-55(47,6)7)44-23-25-48-51(37-44)59(14,15)29-27-56(48,8)9/h18-25,32-38H,26-31H2,1-17H3. The zero-order valence-corrected chi connectivity index (χ0v) is 41.8. The first kappa shape index (κ1) is 44.3. The highest BCUT2D eigenvalue weighted by atomic mass is 15.2. The molecule has 8 rings (SSSR count). The number of hydrogen-bond acceptors (Lipinski definition) is 2. The molecule has 5 aromatic rings. The van der Waals surface area contributed by atoms with Crippen molar-refractivity contribution < 1.29 is 0 Å². The molecule has 0 N–H and O–H groups in total. The molecule has 62 heavy (non-hydrogen) atoms. The van der Waals surface area contributed by atoms with Crippen molar-refractivity contribution in [2.24, 2.45) is 0 Å². The van der Waals surface area contributed by atoms with Crippen molar-refractivity contribution in [2.75, 3.05) is 9.80 Å². The third kappa shape index (κ3) is 7.74. The normalized spacial score (nSPS) is 20.1. The molecule has 0 saturated carbocycles. The van der Waals surface area contributed by atoms with Crippen molar-refractivity contribution in [3.8, 4) is 0 Å². The molecule has 2 nitrogen and oxygen atoms in total. The van der Waals surface area contributed by atoms with Crippen LogP contribution in [-0.2, 0) is 37.9 Å². The Morgan fingerprint density at radius 3 is 1.13 bits per heavy atom. The van der Waals surface area contributed by atoms with Crippen LogP contribution in [0.25, 0.3) is 0 Å². The molecule has 0 aromatic heterocycles. The van der Waals surface area contributed by atoms with Gasteiger partial charge in [0.05, 0.1) is 0 Å². The molecule has 0 saturated heterocycles. The molecule has 2 heteroatoms. The summed E-state index contributed by atoms with van der Waals surface area (Å²) in [5, 5.41) is 0. The molecule has 0 radical (unpaired) electrons. The van der Waals surface area contributed by atoms with Gasteiger partial charge in [-0.3, -0.25) is 0 Å². The maximum Gasteiger partial charge on any atom is 0.0493 e. The largest absolute Gasteiger partial charge is 0.310 e. The first-order chi connectivity index (χ1) is 28.6. The number of rotatable bonds is 6. The van der Waals surface area contributed by atoms with E-state index in [2.05, 4.69) is 218 Å². The van der Waals surface area contributed by atoms with E-state index in [4.69, 9.17) is 0 Å². The van der Waals surface area contributed by atoms with Gasteiger partial charge in [-0.1, -0.05) is 134 Å². The van der Waals surface area contributed by atoms with Gasteiger partial charge in [0.1, 0.15) is 0 Å². The van der Waals surface area contributed by atoms with E-state index < -0.39 is 0 Å². The smallest absolute Gasteiger partial charge is 0.0493 e. The number of nitrogens with zero attached hydrogens (tertiary/aromatic N) is 2. The summed E-state index contributed by atoms with van der Waals surface area (Å²) in [6, 6.07) is 36.6. The molecule has 0 amide bonds. The van der Waals surface area contributed by atoms with E-state index in [1.165, 1.54) is 123 Å². The molecule has 3 aliphatic carbocycles. The minimum absolute atomic E-state index is 0.0645. The lowest BCUT2D eigenvalue weighted by atomic mass is 9.63. The predicted octanol–water partition coefficient (Wildman–Crippen LogP) is 17.6. The second-order valence-electron chi connectivity index (χ2n) is 24.9. The Hall–Kier alpha value is -4.30. The van der Waals surface area contributed by atoms with E-state index in [9.17, 15) is 0 Å². The van der Waals surface area contributed by atoms with Crippen LogP contribution in [0.5, 0.6) is 0 Å². The van der Waals surface area contributed by atoms with Crippen LogP contribution in [0.4, 0.5) is 34.1 Å². The third-order valence-corrected chi connectivity index (χ3v) is 16.2. The first-order valence-electron chi connectivity index (χ1n) is 23.9. The lowest BCUT2D eigenvalue weighted by Crippen LogP contribution is -2.34. The first-order valence-corrected chi connectivity index (χ1v) is 23.9. The Kier molecular flexibility index (Phi) is 10.4. The molecule has 0 heterocycles. The van der Waals surface area contributed by atoms with Crippen molar-refractivity contribution in [1.29, 1.82) is 0 Å². The molecular formula is C60H78N2. The minimum atomic E-state index is 0.0645. The molecule has 328 valence electrons. The van der Waals surface area contributed by atoms with Gasteiger partial charge in [-0.05, 0) is 201 Å². The number of hydrogen-bond donors (Lipinski definition) is 0. The molecule has 3 aliphatic rings. The summed E-state index contributed by atoms with van der Waals surface area (Å²) in [7, 11) is 0. The van der Waals surface area contributed by atoms with Crippen LogP contribution in [0.1, 0.15) is 192 Å². The van der Waals surface area contributed by atoms with Crippen LogP contribution in [0, 0.1) is 13.8 Å². The van der Waals surface area contributed by atoms with Gasteiger partial charge in [-0.15, -0.1) is 0 Å². The molecule has 0 atom stereocenters. The second-order valence-corrected chi connectivity index (χ2v) is 24.9. The molecule has 0 bridgehead atoms. The highest BCUT2D eigenvalue weighted by Crippen LogP contribution is 2.53. The Morgan fingerprint density at radius 2 is 0.710 bits per heavy atom. The SMILES string of the molecule is Cc1cc(N(c2ccc3c(c2)C(C)(C)CCC3(C)C)c2ccc3c(c2)C(C)(C)CCC3(C)C)cc(N(c2ccc(C(C)(C)C)cc2)c2cc3c(cc2C)C(C)(C)CCC3(C)C)c1. The van der Waals surface area contributed by atoms with Gasteiger partial charge >= 0.3 is 0 Å². The van der Waals surface area contributed by atoms with Gasteiger partial charge in [0.25, 0.3) is 0 Å². The maximum absolute atomic E-state index is 2.58. The van der Waals surface area contributed by atoms with Crippen LogP contribution >= 0.6 is 0 Å². The Balaban J connectivity index is 1.39. The Labute approximate surface area is 377 Å². The van der Waals surface area contributed by atoms with Gasteiger partial charge in [0, 0.05) is 34.1 Å². The lowest BCUT2D eigenvalue weighted by Gasteiger charge is -2.43. The second kappa shape index (κ2) is 14.6. The summed E-state index contributed by atoms with van der Waals surface area (Å²) >= 11 is 0. The summed E-state index contributed by atoms with van der Waals surface area (Å²) in [5.41, 5.74) is 20.9. The zero-order valence-electron chi connectivity index (χ0n) is 41.8. The monoisotopic (exact) mass is 827 g/mol. The average molecular weight is 827 g/mol. The fraction of sp³-hybridized carbons (Fsp3) is 0.500. The van der Waals surface area contributed by atoms with Crippen LogP contribution < -0.4 is 9.80 Å². The van der Waals surface area contributed by atoms with Gasteiger partial charge in [-0.25, -0.2) is 0 Å². The molecule has 0 unspecified atom stereocenters. The zero-order chi connectivity index (χ0) is 45.2. The summed E-state index contributed by atoms with van der Waals surface area (Å²) in [6.07, 6.45) is 7.17. The minimum Gasteiger partial charge on any atom is -0.310 e. The fourth-order valence-electron chi connectivity index (χ4n) is 11.4. The lowest BCUT2D eigenvalue weighted by molar-refractivity contribution is 0.332. The van der Waals surface area contributed by atoms with Crippen molar-refractivity contribution >= 4 is 34.1 Å². The highest BCUT2D eigenvalue weighted by Gasteiger charge is 2.41. The van der Waals surface area contributed by atoms with Crippen LogP contribution in [0.2, 0.25) is 0 Å². The predicted molar refractivity (Wildman–Crippen MR) is 270 cm³/mol.